The largest absolute Gasteiger partial charge is 0.369 e. The van der Waals surface area contributed by atoms with Crippen molar-refractivity contribution in [3.05, 3.63) is 0 Å². The van der Waals surface area contributed by atoms with Gasteiger partial charge in [0, 0.05) is 12.6 Å². The minimum absolute atomic E-state index is 0.0781. The molecule has 0 saturated carbocycles. The highest BCUT2D eigenvalue weighted by atomic mass is 16.5. The number of hydrogen-bond acceptors (Lipinski definition) is 4. The van der Waals surface area contributed by atoms with E-state index in [1.807, 2.05) is 4.90 Å². The Hall–Kier alpha value is -0.650. The lowest BCUT2D eigenvalue weighted by Gasteiger charge is -2.42. The number of carbonyl (C=O) groups is 1. The maximum Gasteiger partial charge on any atom is 0.249 e. The Morgan fingerprint density at radius 3 is 2.87 bits per heavy atom. The van der Waals surface area contributed by atoms with E-state index in [2.05, 4.69) is 5.32 Å². The van der Waals surface area contributed by atoms with Crippen LogP contribution in [0.1, 0.15) is 12.8 Å². The van der Waals surface area contributed by atoms with E-state index < -0.39 is 0 Å². The summed E-state index contributed by atoms with van der Waals surface area (Å²) in [6, 6.07) is 0.436. The molecule has 0 bridgehead atoms. The lowest BCUT2D eigenvalue weighted by Crippen LogP contribution is -2.58. The molecule has 2 aliphatic rings. The van der Waals surface area contributed by atoms with E-state index in [0.29, 0.717) is 19.2 Å². The average molecular weight is 213 g/mol. The number of ether oxygens (including phenoxy) is 1. The SMILES string of the molecule is NCC1COCC(=O)N1C1CCNCC1. The molecule has 15 heavy (non-hydrogen) atoms. The fourth-order valence-electron chi connectivity index (χ4n) is 2.41. The molecule has 0 aliphatic carbocycles. The van der Waals surface area contributed by atoms with Crippen molar-refractivity contribution in [2.75, 3.05) is 32.8 Å². The number of piperidine rings is 1. The third-order valence-corrected chi connectivity index (χ3v) is 3.19. The van der Waals surface area contributed by atoms with Crippen molar-refractivity contribution in [1.29, 1.82) is 0 Å². The van der Waals surface area contributed by atoms with Crippen LogP contribution in [0, 0.1) is 0 Å². The first-order valence-corrected chi connectivity index (χ1v) is 5.62. The van der Waals surface area contributed by atoms with Crippen molar-refractivity contribution >= 4 is 5.91 Å². The number of nitrogens with zero attached hydrogens (tertiary/aromatic N) is 1. The van der Waals surface area contributed by atoms with Crippen molar-refractivity contribution in [3.8, 4) is 0 Å². The monoisotopic (exact) mass is 213 g/mol. The zero-order valence-electron chi connectivity index (χ0n) is 8.95. The molecule has 86 valence electrons. The molecule has 5 nitrogen and oxygen atoms in total. The molecule has 2 aliphatic heterocycles. The summed E-state index contributed by atoms with van der Waals surface area (Å²) in [5, 5.41) is 3.30. The summed E-state index contributed by atoms with van der Waals surface area (Å²) in [4.78, 5) is 13.8. The first-order chi connectivity index (χ1) is 7.33. The van der Waals surface area contributed by atoms with Crippen LogP contribution in [0.15, 0.2) is 0 Å². The molecule has 5 heteroatoms. The third kappa shape index (κ3) is 2.30. The topological polar surface area (TPSA) is 67.6 Å². The van der Waals surface area contributed by atoms with Crippen LogP contribution in [0.5, 0.6) is 0 Å². The molecular weight excluding hydrogens is 194 g/mol. The molecule has 2 fully saturated rings. The molecular formula is C10H19N3O2. The Labute approximate surface area is 89.9 Å². The number of nitrogens with one attached hydrogen (secondary N) is 1. The normalized spacial score (nSPS) is 29.5. The smallest absolute Gasteiger partial charge is 0.249 e. The number of morpholine rings is 1. The van der Waals surface area contributed by atoms with Gasteiger partial charge in [0.05, 0.1) is 12.6 Å². The summed E-state index contributed by atoms with van der Waals surface area (Å²) in [6.07, 6.45) is 2.06. The molecule has 0 radical (unpaired) electrons. The lowest BCUT2D eigenvalue weighted by molar-refractivity contribution is -0.152. The molecule has 2 saturated heterocycles. The molecule has 0 spiro atoms. The van der Waals surface area contributed by atoms with Gasteiger partial charge in [0.15, 0.2) is 0 Å². The quantitative estimate of drug-likeness (QED) is 0.612. The Morgan fingerprint density at radius 2 is 2.20 bits per heavy atom. The highest BCUT2D eigenvalue weighted by Gasteiger charge is 2.33. The number of rotatable bonds is 2. The van der Waals surface area contributed by atoms with Gasteiger partial charge in [0.2, 0.25) is 5.91 Å². The van der Waals surface area contributed by atoms with Crippen molar-refractivity contribution in [1.82, 2.24) is 10.2 Å². The predicted octanol–water partition coefficient (Wildman–Crippen LogP) is -1.08. The third-order valence-electron chi connectivity index (χ3n) is 3.19. The summed E-state index contributed by atoms with van der Waals surface area (Å²) in [5.74, 6) is 0.101. The fraction of sp³-hybridized carbons (Fsp3) is 0.900. The maximum absolute atomic E-state index is 11.8. The van der Waals surface area contributed by atoms with Crippen molar-refractivity contribution in [2.45, 2.75) is 24.9 Å². The van der Waals surface area contributed by atoms with Crippen molar-refractivity contribution in [3.63, 3.8) is 0 Å². The second kappa shape index (κ2) is 4.92. The molecule has 1 atom stereocenters. The van der Waals surface area contributed by atoms with Crippen LogP contribution in [-0.2, 0) is 9.53 Å². The molecule has 0 aromatic heterocycles. The lowest BCUT2D eigenvalue weighted by atomic mass is 10.0. The minimum atomic E-state index is 0.0781. The minimum Gasteiger partial charge on any atom is -0.369 e. The van der Waals surface area contributed by atoms with Crippen LogP contribution in [-0.4, -0.2) is 55.7 Å². The standard InChI is InChI=1S/C10H19N3O2/c11-5-9-6-15-7-10(14)13(9)8-1-3-12-4-2-8/h8-9,12H,1-7,11H2. The van der Waals surface area contributed by atoms with Gasteiger partial charge in [-0.2, -0.15) is 0 Å². The number of carbonyl (C=O) groups excluding carboxylic acids is 1. The molecule has 1 unspecified atom stereocenters. The maximum atomic E-state index is 11.8. The first-order valence-electron chi connectivity index (χ1n) is 5.62. The van der Waals surface area contributed by atoms with Crippen LogP contribution < -0.4 is 11.1 Å². The van der Waals surface area contributed by atoms with Crippen LogP contribution in [0.25, 0.3) is 0 Å². The summed E-state index contributed by atoms with van der Waals surface area (Å²) in [6.45, 7) is 3.29. The highest BCUT2D eigenvalue weighted by Crippen LogP contribution is 2.18. The Kier molecular flexibility index (Phi) is 3.56. The van der Waals surface area contributed by atoms with Gasteiger partial charge >= 0.3 is 0 Å². The van der Waals surface area contributed by atoms with E-state index in [-0.39, 0.29) is 18.6 Å². The van der Waals surface area contributed by atoms with E-state index in [1.165, 1.54) is 0 Å². The molecule has 2 rings (SSSR count). The number of hydrogen-bond donors (Lipinski definition) is 2. The zero-order chi connectivity index (χ0) is 10.7. The second-order valence-corrected chi connectivity index (χ2v) is 4.19. The van der Waals surface area contributed by atoms with Crippen LogP contribution in [0.2, 0.25) is 0 Å². The van der Waals surface area contributed by atoms with Crippen LogP contribution in [0.4, 0.5) is 0 Å². The summed E-state index contributed by atoms with van der Waals surface area (Å²) >= 11 is 0. The molecule has 3 N–H and O–H groups in total. The summed E-state index contributed by atoms with van der Waals surface area (Å²) in [5.41, 5.74) is 5.67. The Bertz CT molecular complexity index is 229. The Morgan fingerprint density at radius 1 is 1.47 bits per heavy atom. The first kappa shape index (κ1) is 10.9. The van der Waals surface area contributed by atoms with E-state index >= 15 is 0 Å². The van der Waals surface area contributed by atoms with Gasteiger partial charge < -0.3 is 20.7 Å². The van der Waals surface area contributed by atoms with Gasteiger partial charge in [-0.25, -0.2) is 0 Å². The van der Waals surface area contributed by atoms with Crippen LogP contribution in [0.3, 0.4) is 0 Å². The fourth-order valence-corrected chi connectivity index (χ4v) is 2.41. The molecule has 2 heterocycles. The van der Waals surface area contributed by atoms with Gasteiger partial charge in [0.25, 0.3) is 0 Å². The molecule has 0 aromatic rings. The average Bonchev–Trinajstić information content (AvgIpc) is 2.29. The number of nitrogens with two attached hydrogens (primary N) is 1. The number of amides is 1. The van der Waals surface area contributed by atoms with Gasteiger partial charge in [-0.15, -0.1) is 0 Å². The molecule has 1 amide bonds. The van der Waals surface area contributed by atoms with E-state index in [0.717, 1.165) is 25.9 Å². The van der Waals surface area contributed by atoms with Gasteiger partial charge in [-0.3, -0.25) is 4.79 Å². The predicted molar refractivity (Wildman–Crippen MR) is 56.4 cm³/mol. The Balaban J connectivity index is 2.03. The van der Waals surface area contributed by atoms with Crippen LogP contribution >= 0.6 is 0 Å². The van der Waals surface area contributed by atoms with E-state index in [4.69, 9.17) is 10.5 Å². The van der Waals surface area contributed by atoms with Crippen molar-refractivity contribution < 1.29 is 9.53 Å². The van der Waals surface area contributed by atoms with Gasteiger partial charge in [-0.1, -0.05) is 0 Å². The van der Waals surface area contributed by atoms with E-state index in [1.54, 1.807) is 0 Å². The van der Waals surface area contributed by atoms with E-state index in [9.17, 15) is 4.79 Å². The van der Waals surface area contributed by atoms with Gasteiger partial charge in [-0.05, 0) is 25.9 Å². The summed E-state index contributed by atoms with van der Waals surface area (Å²) < 4.78 is 5.22. The summed E-state index contributed by atoms with van der Waals surface area (Å²) in [7, 11) is 0. The zero-order valence-corrected chi connectivity index (χ0v) is 8.95. The van der Waals surface area contributed by atoms with Crippen molar-refractivity contribution in [2.24, 2.45) is 5.73 Å². The highest BCUT2D eigenvalue weighted by molar-refractivity contribution is 5.78. The van der Waals surface area contributed by atoms with Gasteiger partial charge in [0.1, 0.15) is 6.61 Å². The second-order valence-electron chi connectivity index (χ2n) is 4.19. The molecule has 0 aromatic carbocycles.